The zero-order valence-electron chi connectivity index (χ0n) is 14.6. The molecule has 1 heterocycles. The summed E-state index contributed by atoms with van der Waals surface area (Å²) in [5.74, 6) is -1.47. The van der Waals surface area contributed by atoms with Crippen molar-refractivity contribution in [2.45, 2.75) is 20.8 Å². The minimum atomic E-state index is -0.694. The lowest BCUT2D eigenvalue weighted by Crippen LogP contribution is -2.17. The molecule has 1 amide bonds. The molecular weight excluding hydrogens is 360 g/mol. The molecule has 2 rings (SSSR count). The molecule has 0 spiro atoms. The van der Waals surface area contributed by atoms with E-state index >= 15 is 0 Å². The topological polar surface area (TPSA) is 111 Å². The van der Waals surface area contributed by atoms with Crippen LogP contribution < -0.4 is 10.5 Å². The third kappa shape index (κ3) is 4.05. The number of aryl methyl sites for hydroxylation is 1. The van der Waals surface area contributed by atoms with Gasteiger partial charge in [-0.3, -0.25) is 9.59 Å². The molecular formula is C18H19ClN2O5. The van der Waals surface area contributed by atoms with Crippen molar-refractivity contribution in [1.82, 2.24) is 4.98 Å². The molecule has 0 bridgehead atoms. The van der Waals surface area contributed by atoms with Crippen molar-refractivity contribution < 1.29 is 23.9 Å². The van der Waals surface area contributed by atoms with Gasteiger partial charge in [0.1, 0.15) is 5.75 Å². The number of halogens is 1. The number of carbonyl (C=O) groups is 3. The van der Waals surface area contributed by atoms with Crippen LogP contribution in [0.2, 0.25) is 5.02 Å². The average Bonchev–Trinajstić information content (AvgIpc) is 2.87. The lowest BCUT2D eigenvalue weighted by molar-refractivity contribution is 0.0524. The first-order valence-electron chi connectivity index (χ1n) is 7.87. The van der Waals surface area contributed by atoms with Crippen LogP contribution in [0.15, 0.2) is 18.2 Å². The van der Waals surface area contributed by atoms with Gasteiger partial charge < -0.3 is 20.2 Å². The van der Waals surface area contributed by atoms with Gasteiger partial charge in [0.15, 0.2) is 6.61 Å². The number of amides is 1. The highest BCUT2D eigenvalue weighted by molar-refractivity contribution is 6.30. The van der Waals surface area contributed by atoms with Crippen LogP contribution in [0.4, 0.5) is 0 Å². The SMILES string of the molecule is CCOC(=O)c1c(C)[nH]c(C(=O)COc2cc(Cl)ccc2C(N)=O)c1C. The van der Waals surface area contributed by atoms with E-state index in [1.807, 2.05) is 0 Å². The third-order valence-electron chi connectivity index (χ3n) is 3.76. The number of hydrogen-bond acceptors (Lipinski definition) is 5. The fraction of sp³-hybridized carbons (Fsp3) is 0.278. The average molecular weight is 379 g/mol. The van der Waals surface area contributed by atoms with Crippen molar-refractivity contribution >= 4 is 29.3 Å². The van der Waals surface area contributed by atoms with E-state index in [9.17, 15) is 14.4 Å². The fourth-order valence-corrected chi connectivity index (χ4v) is 2.73. The molecule has 0 unspecified atom stereocenters. The van der Waals surface area contributed by atoms with Gasteiger partial charge in [0, 0.05) is 10.7 Å². The predicted octanol–water partition coefficient (Wildman–Crippen LogP) is 2.82. The number of esters is 1. The summed E-state index contributed by atoms with van der Waals surface area (Å²) in [5.41, 5.74) is 6.99. The number of H-pyrrole nitrogens is 1. The Morgan fingerprint density at radius 2 is 1.92 bits per heavy atom. The first-order chi connectivity index (χ1) is 12.3. The van der Waals surface area contributed by atoms with Crippen LogP contribution in [0.25, 0.3) is 0 Å². The summed E-state index contributed by atoms with van der Waals surface area (Å²) >= 11 is 5.89. The molecule has 0 atom stereocenters. The van der Waals surface area contributed by atoms with E-state index in [-0.39, 0.29) is 30.2 Å². The standard InChI is InChI=1S/C18H19ClN2O5/c1-4-25-18(24)15-9(2)16(21-10(15)3)13(22)8-26-14-7-11(19)5-6-12(14)17(20)23/h5-7,21H,4,8H2,1-3H3,(H2,20,23). The zero-order chi connectivity index (χ0) is 19.4. The number of ether oxygens (including phenoxy) is 2. The maximum Gasteiger partial charge on any atom is 0.340 e. The monoisotopic (exact) mass is 378 g/mol. The van der Waals surface area contributed by atoms with Crippen LogP contribution in [0.5, 0.6) is 5.75 Å². The number of hydrogen-bond donors (Lipinski definition) is 2. The summed E-state index contributed by atoms with van der Waals surface area (Å²) in [6.07, 6.45) is 0. The van der Waals surface area contributed by atoms with E-state index in [1.54, 1.807) is 20.8 Å². The maximum atomic E-state index is 12.5. The molecule has 1 aromatic heterocycles. The van der Waals surface area contributed by atoms with Crippen LogP contribution in [0.1, 0.15) is 49.4 Å². The van der Waals surface area contributed by atoms with Crippen molar-refractivity contribution in [3.8, 4) is 5.75 Å². The third-order valence-corrected chi connectivity index (χ3v) is 4.00. The summed E-state index contributed by atoms with van der Waals surface area (Å²) in [7, 11) is 0. The minimum absolute atomic E-state index is 0.116. The summed E-state index contributed by atoms with van der Waals surface area (Å²) in [6.45, 7) is 4.91. The Bertz CT molecular complexity index is 873. The number of primary amides is 1. The molecule has 0 aliphatic carbocycles. The summed E-state index contributed by atoms with van der Waals surface area (Å²) in [4.78, 5) is 38.8. The van der Waals surface area contributed by atoms with Gasteiger partial charge in [-0.1, -0.05) is 11.6 Å². The number of carbonyl (C=O) groups excluding carboxylic acids is 3. The highest BCUT2D eigenvalue weighted by atomic mass is 35.5. The molecule has 0 aliphatic heterocycles. The number of nitrogens with one attached hydrogen (secondary N) is 1. The Labute approximate surface area is 155 Å². The Morgan fingerprint density at radius 1 is 1.23 bits per heavy atom. The van der Waals surface area contributed by atoms with Crippen LogP contribution in [0.3, 0.4) is 0 Å². The molecule has 1 aromatic carbocycles. The van der Waals surface area contributed by atoms with Crippen molar-refractivity contribution in [3.63, 3.8) is 0 Å². The maximum absolute atomic E-state index is 12.5. The molecule has 3 N–H and O–H groups in total. The Morgan fingerprint density at radius 3 is 2.54 bits per heavy atom. The summed E-state index contributed by atoms with van der Waals surface area (Å²) in [5, 5.41) is 0.342. The van der Waals surface area contributed by atoms with Crippen molar-refractivity contribution in [2.75, 3.05) is 13.2 Å². The van der Waals surface area contributed by atoms with Gasteiger partial charge in [-0.15, -0.1) is 0 Å². The molecule has 0 saturated carbocycles. The summed E-state index contributed by atoms with van der Waals surface area (Å²) < 4.78 is 10.4. The van der Waals surface area contributed by atoms with Crippen LogP contribution in [0, 0.1) is 13.8 Å². The molecule has 0 fully saturated rings. The van der Waals surface area contributed by atoms with Crippen molar-refractivity contribution in [1.29, 1.82) is 0 Å². The normalized spacial score (nSPS) is 10.5. The van der Waals surface area contributed by atoms with E-state index < -0.39 is 17.7 Å². The van der Waals surface area contributed by atoms with Gasteiger partial charge in [-0.25, -0.2) is 4.79 Å². The second kappa shape index (κ2) is 8.05. The van der Waals surface area contributed by atoms with Crippen LogP contribution in [-0.2, 0) is 4.74 Å². The van der Waals surface area contributed by atoms with E-state index in [0.29, 0.717) is 21.8 Å². The molecule has 7 nitrogen and oxygen atoms in total. The lowest BCUT2D eigenvalue weighted by Gasteiger charge is -2.09. The van der Waals surface area contributed by atoms with E-state index in [0.717, 1.165) is 0 Å². The number of benzene rings is 1. The second-order valence-corrected chi connectivity index (χ2v) is 6.00. The minimum Gasteiger partial charge on any atom is -0.484 e. The predicted molar refractivity (Wildman–Crippen MR) is 96.0 cm³/mol. The Balaban J connectivity index is 2.22. The number of Topliss-reactive ketones (excluding diaryl/α,β-unsaturated/α-hetero) is 1. The fourth-order valence-electron chi connectivity index (χ4n) is 2.57. The molecule has 0 radical (unpaired) electrons. The van der Waals surface area contributed by atoms with Gasteiger partial charge in [0.25, 0.3) is 5.91 Å². The second-order valence-electron chi connectivity index (χ2n) is 5.56. The molecule has 2 aromatic rings. The highest BCUT2D eigenvalue weighted by Gasteiger charge is 2.23. The highest BCUT2D eigenvalue weighted by Crippen LogP contribution is 2.24. The number of ketones is 1. The Kier molecular flexibility index (Phi) is 6.05. The quantitative estimate of drug-likeness (QED) is 0.568. The number of rotatable bonds is 7. The number of aromatic nitrogens is 1. The largest absolute Gasteiger partial charge is 0.484 e. The van der Waals surface area contributed by atoms with Crippen LogP contribution >= 0.6 is 11.6 Å². The smallest absolute Gasteiger partial charge is 0.340 e. The zero-order valence-corrected chi connectivity index (χ0v) is 15.4. The van der Waals surface area contributed by atoms with Gasteiger partial charge in [-0.2, -0.15) is 0 Å². The lowest BCUT2D eigenvalue weighted by atomic mass is 10.1. The number of aromatic amines is 1. The molecule has 0 aliphatic rings. The van der Waals surface area contributed by atoms with E-state index in [4.69, 9.17) is 26.8 Å². The molecule has 8 heteroatoms. The van der Waals surface area contributed by atoms with Crippen LogP contribution in [-0.4, -0.2) is 35.9 Å². The molecule has 26 heavy (non-hydrogen) atoms. The Hall–Kier alpha value is -2.80. The summed E-state index contributed by atoms with van der Waals surface area (Å²) in [6, 6.07) is 4.33. The van der Waals surface area contributed by atoms with E-state index in [1.165, 1.54) is 18.2 Å². The van der Waals surface area contributed by atoms with Gasteiger partial charge in [0.05, 0.1) is 23.4 Å². The first-order valence-corrected chi connectivity index (χ1v) is 8.25. The van der Waals surface area contributed by atoms with Crippen molar-refractivity contribution in [2.24, 2.45) is 5.73 Å². The van der Waals surface area contributed by atoms with E-state index in [2.05, 4.69) is 4.98 Å². The van der Waals surface area contributed by atoms with Gasteiger partial charge in [-0.05, 0) is 44.5 Å². The molecule has 0 saturated heterocycles. The van der Waals surface area contributed by atoms with Gasteiger partial charge >= 0.3 is 5.97 Å². The molecule has 138 valence electrons. The van der Waals surface area contributed by atoms with Crippen molar-refractivity contribution in [3.05, 3.63) is 51.3 Å². The number of nitrogens with two attached hydrogens (primary N) is 1. The van der Waals surface area contributed by atoms with Gasteiger partial charge in [0.2, 0.25) is 5.78 Å². The first kappa shape index (κ1) is 19.5.